The lowest BCUT2D eigenvalue weighted by atomic mass is 10.2. The third-order valence-electron chi connectivity index (χ3n) is 5.71. The average molecular weight is 402 g/mol. The van der Waals surface area contributed by atoms with Gasteiger partial charge in [-0.3, -0.25) is 23.6 Å². The van der Waals surface area contributed by atoms with Crippen molar-refractivity contribution in [3.05, 3.63) is 26.7 Å². The summed E-state index contributed by atoms with van der Waals surface area (Å²) in [5.41, 5.74) is -0.827. The van der Waals surface area contributed by atoms with Gasteiger partial charge in [0.05, 0.1) is 0 Å². The van der Waals surface area contributed by atoms with Gasteiger partial charge in [-0.2, -0.15) is 0 Å². The molecule has 2 aliphatic rings. The summed E-state index contributed by atoms with van der Waals surface area (Å²) in [6.07, 6.45) is 3.75. The molecule has 29 heavy (non-hydrogen) atoms. The van der Waals surface area contributed by atoms with Crippen LogP contribution in [0.15, 0.2) is 9.59 Å². The molecule has 3 heterocycles. The van der Waals surface area contributed by atoms with Gasteiger partial charge >= 0.3 is 5.69 Å². The van der Waals surface area contributed by atoms with Gasteiger partial charge in [0, 0.05) is 52.4 Å². The number of carbonyl (C=O) groups is 1. The number of hydrogen-bond donors (Lipinski definition) is 2. The van der Waals surface area contributed by atoms with E-state index >= 15 is 0 Å². The molecule has 0 atom stereocenters. The first-order valence-corrected chi connectivity index (χ1v) is 10.1. The maximum absolute atomic E-state index is 12.6. The fourth-order valence-electron chi connectivity index (χ4n) is 4.05. The monoisotopic (exact) mass is 402 g/mol. The van der Waals surface area contributed by atoms with E-state index in [9.17, 15) is 14.4 Å². The van der Waals surface area contributed by atoms with Crippen LogP contribution in [-0.2, 0) is 7.05 Å². The van der Waals surface area contributed by atoms with Gasteiger partial charge in [0.1, 0.15) is 0 Å². The molecule has 0 bridgehead atoms. The van der Waals surface area contributed by atoms with Crippen molar-refractivity contribution >= 4 is 17.1 Å². The fraction of sp³-hybridized carbons (Fsp3) is 0.667. The van der Waals surface area contributed by atoms with Gasteiger partial charge in [-0.15, -0.1) is 10.2 Å². The zero-order chi connectivity index (χ0) is 20.4. The highest BCUT2D eigenvalue weighted by molar-refractivity contribution is 5.91. The molecule has 2 fully saturated rings. The Labute approximate surface area is 167 Å². The van der Waals surface area contributed by atoms with E-state index < -0.39 is 17.2 Å². The van der Waals surface area contributed by atoms with E-state index in [2.05, 4.69) is 30.7 Å². The number of rotatable bonds is 5. The Morgan fingerprint density at radius 1 is 1.17 bits per heavy atom. The number of hydrogen-bond acceptors (Lipinski definition) is 8. The van der Waals surface area contributed by atoms with E-state index in [1.165, 1.54) is 11.6 Å². The van der Waals surface area contributed by atoms with Crippen molar-refractivity contribution in [3.8, 4) is 0 Å². The Balaban J connectivity index is 1.57. The Morgan fingerprint density at radius 2 is 1.90 bits per heavy atom. The number of amides is 1. The van der Waals surface area contributed by atoms with Crippen LogP contribution < -0.4 is 21.9 Å². The van der Waals surface area contributed by atoms with Crippen LogP contribution in [0.3, 0.4) is 0 Å². The summed E-state index contributed by atoms with van der Waals surface area (Å²) < 4.78 is 2.54. The third kappa shape index (κ3) is 3.92. The summed E-state index contributed by atoms with van der Waals surface area (Å²) in [7, 11) is 1.42. The summed E-state index contributed by atoms with van der Waals surface area (Å²) in [6, 6.07) is -0.0217. The lowest BCUT2D eigenvalue weighted by Crippen LogP contribution is -2.46. The van der Waals surface area contributed by atoms with Gasteiger partial charge in [0.25, 0.3) is 11.5 Å². The normalized spacial score (nSPS) is 18.4. The number of nitrogens with one attached hydrogen (secondary N) is 2. The molecule has 1 saturated heterocycles. The van der Waals surface area contributed by atoms with E-state index in [-0.39, 0.29) is 23.0 Å². The topological polar surface area (TPSA) is 127 Å². The van der Waals surface area contributed by atoms with Crippen molar-refractivity contribution in [2.24, 2.45) is 7.05 Å². The molecule has 0 spiro atoms. The number of fused-ring (bicyclic) bond motifs is 1. The Morgan fingerprint density at radius 3 is 2.62 bits per heavy atom. The molecule has 156 valence electrons. The largest absolute Gasteiger partial charge is 0.348 e. The van der Waals surface area contributed by atoms with Crippen LogP contribution in [0.25, 0.3) is 11.2 Å². The first-order valence-electron chi connectivity index (χ1n) is 10.1. The van der Waals surface area contributed by atoms with Gasteiger partial charge in [-0.1, -0.05) is 12.8 Å². The van der Waals surface area contributed by atoms with Crippen LogP contribution in [0.2, 0.25) is 0 Å². The minimum atomic E-state index is -0.566. The molecule has 1 amide bonds. The molecule has 0 radical (unpaired) electrons. The molecule has 4 rings (SSSR count). The zero-order valence-electron chi connectivity index (χ0n) is 16.6. The van der Waals surface area contributed by atoms with E-state index in [0.717, 1.165) is 63.0 Å². The maximum Gasteiger partial charge on any atom is 0.332 e. The number of piperazine rings is 1. The van der Waals surface area contributed by atoms with Crippen molar-refractivity contribution < 1.29 is 4.79 Å². The minimum Gasteiger partial charge on any atom is -0.348 e. The van der Waals surface area contributed by atoms with E-state index in [0.29, 0.717) is 6.54 Å². The molecule has 0 aromatic carbocycles. The van der Waals surface area contributed by atoms with Gasteiger partial charge < -0.3 is 10.6 Å². The van der Waals surface area contributed by atoms with Crippen LogP contribution in [-0.4, -0.2) is 74.4 Å². The number of nitrogens with zero attached hydrogens (tertiary/aromatic N) is 6. The molecular formula is C18H26N8O3. The molecule has 11 nitrogen and oxygen atoms in total. The minimum absolute atomic E-state index is 0.00116. The number of aromatic nitrogens is 5. The van der Waals surface area contributed by atoms with Crippen LogP contribution in [0.5, 0.6) is 0 Å². The highest BCUT2D eigenvalue weighted by Gasteiger charge is 2.25. The predicted molar refractivity (Wildman–Crippen MR) is 106 cm³/mol. The highest BCUT2D eigenvalue weighted by Crippen LogP contribution is 2.29. The van der Waals surface area contributed by atoms with Gasteiger partial charge in [-0.05, 0) is 12.8 Å². The van der Waals surface area contributed by atoms with E-state index in [1.54, 1.807) is 0 Å². The second-order valence-electron chi connectivity index (χ2n) is 7.61. The third-order valence-corrected chi connectivity index (χ3v) is 5.71. The Bertz CT molecular complexity index is 1020. The summed E-state index contributed by atoms with van der Waals surface area (Å²) in [5.74, 6) is -0.637. The van der Waals surface area contributed by atoms with Gasteiger partial charge in [0.2, 0.25) is 5.82 Å². The first kappa shape index (κ1) is 19.6. The maximum atomic E-state index is 12.6. The first-order chi connectivity index (χ1) is 14.1. The summed E-state index contributed by atoms with van der Waals surface area (Å²) in [4.78, 5) is 44.1. The van der Waals surface area contributed by atoms with Crippen molar-refractivity contribution in [2.75, 3.05) is 39.3 Å². The van der Waals surface area contributed by atoms with Crippen LogP contribution in [0.1, 0.15) is 42.3 Å². The lowest BCUT2D eigenvalue weighted by molar-refractivity contribution is 0.0936. The number of carbonyl (C=O) groups excluding carboxylic acids is 1. The standard InChI is InChI=1S/C18H26N8O3/c1-24-17(28)13-15(26(18(24)29)12-4-2-3-5-12)23-22-14(21-13)16(27)20-8-11-25-9-6-19-7-10-25/h12,19H,2-11H2,1H3,(H,20,27). The lowest BCUT2D eigenvalue weighted by Gasteiger charge is -2.26. The summed E-state index contributed by atoms with van der Waals surface area (Å²) >= 11 is 0. The van der Waals surface area contributed by atoms with Crippen LogP contribution in [0, 0.1) is 0 Å². The predicted octanol–water partition coefficient (Wildman–Crippen LogP) is -1.36. The second-order valence-corrected chi connectivity index (χ2v) is 7.61. The van der Waals surface area contributed by atoms with E-state index in [1.807, 2.05) is 0 Å². The SMILES string of the molecule is Cn1c(=O)c2nc(C(=O)NCCN3CCNCC3)nnc2n(C2CCCC2)c1=O. The molecule has 2 aromatic rings. The van der Waals surface area contributed by atoms with Crippen molar-refractivity contribution in [1.82, 2.24) is 39.8 Å². The van der Waals surface area contributed by atoms with Gasteiger partial charge in [-0.25, -0.2) is 9.78 Å². The summed E-state index contributed by atoms with van der Waals surface area (Å²) in [5, 5.41) is 14.0. The Kier molecular flexibility index (Phi) is 5.67. The van der Waals surface area contributed by atoms with Crippen molar-refractivity contribution in [3.63, 3.8) is 0 Å². The molecule has 0 unspecified atom stereocenters. The molecule has 11 heteroatoms. The highest BCUT2D eigenvalue weighted by atomic mass is 16.2. The quantitative estimate of drug-likeness (QED) is 0.628. The molecular weight excluding hydrogens is 376 g/mol. The fourth-order valence-corrected chi connectivity index (χ4v) is 4.05. The van der Waals surface area contributed by atoms with Crippen molar-refractivity contribution in [2.45, 2.75) is 31.7 Å². The van der Waals surface area contributed by atoms with E-state index in [4.69, 9.17) is 0 Å². The molecule has 1 aliphatic carbocycles. The Hall–Kier alpha value is -2.66. The smallest absolute Gasteiger partial charge is 0.332 e. The molecule has 1 aliphatic heterocycles. The van der Waals surface area contributed by atoms with Crippen LogP contribution >= 0.6 is 0 Å². The molecule has 2 N–H and O–H groups in total. The molecule has 1 saturated carbocycles. The van der Waals surface area contributed by atoms with Crippen molar-refractivity contribution in [1.29, 1.82) is 0 Å². The van der Waals surface area contributed by atoms with Gasteiger partial charge in [0.15, 0.2) is 11.2 Å². The zero-order valence-corrected chi connectivity index (χ0v) is 16.6. The van der Waals surface area contributed by atoms with Crippen LogP contribution in [0.4, 0.5) is 0 Å². The summed E-state index contributed by atoms with van der Waals surface area (Å²) in [6.45, 7) is 4.96. The molecule has 2 aromatic heterocycles. The average Bonchev–Trinajstić information content (AvgIpc) is 3.27. The second kappa shape index (κ2) is 8.37.